The molecule has 8 heteroatoms. The topological polar surface area (TPSA) is 93.1 Å². The summed E-state index contributed by atoms with van der Waals surface area (Å²) in [5.41, 5.74) is 0. The maximum absolute atomic E-state index is 12.6. The second-order valence-corrected chi connectivity index (χ2v) is 9.18. The normalized spacial score (nSPS) is 32.1. The molecule has 3 aliphatic rings. The number of carbonyl (C=O) groups excluding carboxylic acids is 1. The zero-order valence-corrected chi connectivity index (χ0v) is 15.5. The lowest BCUT2D eigenvalue weighted by molar-refractivity contribution is -0.156. The molecule has 4 unspecified atom stereocenters. The van der Waals surface area contributed by atoms with Crippen molar-refractivity contribution < 1.29 is 27.2 Å². The van der Waals surface area contributed by atoms with Crippen LogP contribution in [0.1, 0.15) is 38.5 Å². The SMILES string of the molecule is O=C(OC(CN1CCOCC1)CS(=O)(=O)O)C1CCC2CCCC2C1. The maximum Gasteiger partial charge on any atom is 0.309 e. The highest BCUT2D eigenvalue weighted by Gasteiger charge is 2.38. The predicted molar refractivity (Wildman–Crippen MR) is 91.7 cm³/mol. The molecule has 3 fully saturated rings. The van der Waals surface area contributed by atoms with Gasteiger partial charge in [0, 0.05) is 19.6 Å². The van der Waals surface area contributed by atoms with Crippen LogP contribution in [0.15, 0.2) is 0 Å². The number of esters is 1. The standard InChI is InChI=1S/C17H29NO6S/c19-17(15-5-4-13-2-1-3-14(13)10-15)24-16(12-25(20,21)22)11-18-6-8-23-9-7-18/h13-16H,1-12H2,(H,20,21,22). The number of nitrogens with zero attached hydrogens (tertiary/aromatic N) is 1. The van der Waals surface area contributed by atoms with Gasteiger partial charge in [-0.05, 0) is 31.1 Å². The maximum atomic E-state index is 12.6. The monoisotopic (exact) mass is 375 g/mol. The summed E-state index contributed by atoms with van der Waals surface area (Å²) in [6, 6.07) is 0. The van der Waals surface area contributed by atoms with Gasteiger partial charge in [0.15, 0.2) is 0 Å². The number of morpholine rings is 1. The van der Waals surface area contributed by atoms with E-state index in [9.17, 15) is 17.8 Å². The van der Waals surface area contributed by atoms with Crippen LogP contribution in [0.2, 0.25) is 0 Å². The highest BCUT2D eigenvalue weighted by atomic mass is 32.2. The molecule has 0 bridgehead atoms. The molecule has 25 heavy (non-hydrogen) atoms. The van der Waals surface area contributed by atoms with E-state index >= 15 is 0 Å². The summed E-state index contributed by atoms with van der Waals surface area (Å²) in [6.07, 6.45) is 5.64. The first-order valence-corrected chi connectivity index (χ1v) is 11.0. The van der Waals surface area contributed by atoms with E-state index in [1.165, 1.54) is 19.3 Å². The van der Waals surface area contributed by atoms with Gasteiger partial charge in [0.25, 0.3) is 10.1 Å². The molecule has 0 aromatic carbocycles. The average molecular weight is 375 g/mol. The number of ether oxygens (including phenoxy) is 2. The summed E-state index contributed by atoms with van der Waals surface area (Å²) >= 11 is 0. The van der Waals surface area contributed by atoms with Crippen molar-refractivity contribution in [3.05, 3.63) is 0 Å². The Morgan fingerprint density at radius 2 is 1.88 bits per heavy atom. The fraction of sp³-hybridized carbons (Fsp3) is 0.941. The predicted octanol–water partition coefficient (Wildman–Crippen LogP) is 1.33. The number of hydrogen-bond donors (Lipinski definition) is 1. The van der Waals surface area contributed by atoms with Crippen molar-refractivity contribution in [2.24, 2.45) is 17.8 Å². The number of carbonyl (C=O) groups is 1. The summed E-state index contributed by atoms with van der Waals surface area (Å²) in [7, 11) is -4.20. The van der Waals surface area contributed by atoms with Crippen LogP contribution in [0, 0.1) is 17.8 Å². The lowest BCUT2D eigenvalue weighted by Gasteiger charge is -2.33. The van der Waals surface area contributed by atoms with Gasteiger partial charge in [-0.25, -0.2) is 0 Å². The Morgan fingerprint density at radius 1 is 1.16 bits per heavy atom. The van der Waals surface area contributed by atoms with Crippen LogP contribution in [-0.4, -0.2) is 68.5 Å². The van der Waals surface area contributed by atoms with Gasteiger partial charge in [-0.15, -0.1) is 0 Å². The van der Waals surface area contributed by atoms with Gasteiger partial charge in [0.2, 0.25) is 0 Å². The van der Waals surface area contributed by atoms with Crippen LogP contribution in [0.3, 0.4) is 0 Å². The molecule has 1 aliphatic heterocycles. The second-order valence-electron chi connectivity index (χ2n) is 7.68. The highest BCUT2D eigenvalue weighted by molar-refractivity contribution is 7.85. The molecular formula is C17H29NO6S. The van der Waals surface area contributed by atoms with Crippen molar-refractivity contribution in [1.82, 2.24) is 4.90 Å². The van der Waals surface area contributed by atoms with Crippen LogP contribution in [0.25, 0.3) is 0 Å². The summed E-state index contributed by atoms with van der Waals surface area (Å²) in [6.45, 7) is 2.82. The Labute approximate surface area is 149 Å². The van der Waals surface area contributed by atoms with Gasteiger partial charge in [0.1, 0.15) is 11.9 Å². The van der Waals surface area contributed by atoms with Crippen LogP contribution in [0.4, 0.5) is 0 Å². The third-order valence-electron chi connectivity index (χ3n) is 5.87. The molecular weight excluding hydrogens is 346 g/mol. The Kier molecular flexibility index (Phi) is 6.35. The second kappa shape index (κ2) is 8.33. The third-order valence-corrected chi connectivity index (χ3v) is 6.66. The van der Waals surface area contributed by atoms with Crippen molar-refractivity contribution in [3.63, 3.8) is 0 Å². The third kappa shape index (κ3) is 5.64. The molecule has 1 heterocycles. The van der Waals surface area contributed by atoms with E-state index in [1.54, 1.807) is 0 Å². The van der Waals surface area contributed by atoms with Gasteiger partial charge in [-0.2, -0.15) is 8.42 Å². The lowest BCUT2D eigenvalue weighted by atomic mass is 9.76. The molecule has 0 amide bonds. The van der Waals surface area contributed by atoms with Gasteiger partial charge >= 0.3 is 5.97 Å². The van der Waals surface area contributed by atoms with Gasteiger partial charge in [-0.3, -0.25) is 14.2 Å². The minimum Gasteiger partial charge on any atom is -0.460 e. The highest BCUT2D eigenvalue weighted by Crippen LogP contribution is 2.44. The van der Waals surface area contributed by atoms with E-state index in [1.807, 2.05) is 4.90 Å². The van der Waals surface area contributed by atoms with Crippen LogP contribution in [0.5, 0.6) is 0 Å². The minimum absolute atomic E-state index is 0.132. The summed E-state index contributed by atoms with van der Waals surface area (Å²) in [5, 5.41) is 0. The number of rotatable bonds is 6. The molecule has 0 aromatic rings. The summed E-state index contributed by atoms with van der Waals surface area (Å²) in [4.78, 5) is 14.6. The average Bonchev–Trinajstić information content (AvgIpc) is 3.01. The van der Waals surface area contributed by atoms with E-state index in [0.717, 1.165) is 25.2 Å². The molecule has 0 spiro atoms. The first-order valence-electron chi connectivity index (χ1n) is 9.36. The van der Waals surface area contributed by atoms with Crippen LogP contribution < -0.4 is 0 Å². The van der Waals surface area contributed by atoms with Gasteiger partial charge < -0.3 is 9.47 Å². The molecule has 1 saturated heterocycles. The van der Waals surface area contributed by atoms with Crippen molar-refractivity contribution in [1.29, 1.82) is 0 Å². The Balaban J connectivity index is 1.57. The Bertz CT molecular complexity index is 559. The zero-order chi connectivity index (χ0) is 17.9. The molecule has 3 rings (SSSR count). The molecule has 0 radical (unpaired) electrons. The largest absolute Gasteiger partial charge is 0.460 e. The first-order chi connectivity index (χ1) is 11.9. The van der Waals surface area contributed by atoms with E-state index in [-0.39, 0.29) is 11.9 Å². The van der Waals surface area contributed by atoms with Crippen LogP contribution >= 0.6 is 0 Å². The summed E-state index contributed by atoms with van der Waals surface area (Å²) < 4.78 is 42.7. The van der Waals surface area contributed by atoms with Gasteiger partial charge in [-0.1, -0.05) is 19.3 Å². The molecule has 144 valence electrons. The number of fused-ring (bicyclic) bond motifs is 1. The van der Waals surface area contributed by atoms with Crippen LogP contribution in [-0.2, 0) is 24.4 Å². The Morgan fingerprint density at radius 3 is 2.60 bits per heavy atom. The zero-order valence-electron chi connectivity index (χ0n) is 14.6. The molecule has 0 aromatic heterocycles. The molecule has 2 aliphatic carbocycles. The Hall–Kier alpha value is -0.700. The quantitative estimate of drug-likeness (QED) is 0.553. The lowest BCUT2D eigenvalue weighted by Crippen LogP contribution is -2.45. The minimum atomic E-state index is -4.20. The molecule has 7 nitrogen and oxygen atoms in total. The fourth-order valence-electron chi connectivity index (χ4n) is 4.61. The first kappa shape index (κ1) is 19.1. The summed E-state index contributed by atoms with van der Waals surface area (Å²) in [5.74, 6) is 0.395. The van der Waals surface area contributed by atoms with E-state index in [4.69, 9.17) is 9.47 Å². The van der Waals surface area contributed by atoms with E-state index in [0.29, 0.717) is 38.8 Å². The van der Waals surface area contributed by atoms with Gasteiger partial charge in [0.05, 0.1) is 19.1 Å². The number of hydrogen-bond acceptors (Lipinski definition) is 6. The van der Waals surface area contributed by atoms with Crippen molar-refractivity contribution in [2.75, 3.05) is 38.6 Å². The molecule has 1 N–H and O–H groups in total. The van der Waals surface area contributed by atoms with Crippen molar-refractivity contribution >= 4 is 16.1 Å². The molecule has 4 atom stereocenters. The van der Waals surface area contributed by atoms with E-state index < -0.39 is 22.0 Å². The smallest absolute Gasteiger partial charge is 0.309 e. The fourth-order valence-corrected chi connectivity index (χ4v) is 5.25. The van der Waals surface area contributed by atoms with E-state index in [2.05, 4.69) is 0 Å². The van der Waals surface area contributed by atoms with Crippen molar-refractivity contribution in [2.45, 2.75) is 44.6 Å². The van der Waals surface area contributed by atoms with Crippen molar-refractivity contribution in [3.8, 4) is 0 Å². The molecule has 2 saturated carbocycles.